The minimum absolute atomic E-state index is 0.0285. The number of anilines is 1. The number of hydrogen-bond donors (Lipinski definition) is 0. The maximum absolute atomic E-state index is 13.0. The number of amides is 1. The minimum Gasteiger partial charge on any atom is -0.355 e. The molecule has 0 unspecified atom stereocenters. The third-order valence-electron chi connectivity index (χ3n) is 5.06. The van der Waals surface area contributed by atoms with Gasteiger partial charge in [0.15, 0.2) is 0 Å². The fourth-order valence-electron chi connectivity index (χ4n) is 3.57. The summed E-state index contributed by atoms with van der Waals surface area (Å²) in [6.45, 7) is 3.80. The van der Waals surface area contributed by atoms with E-state index in [0.29, 0.717) is 5.69 Å². The summed E-state index contributed by atoms with van der Waals surface area (Å²) < 4.78 is 1.91. The van der Waals surface area contributed by atoms with E-state index in [1.807, 2.05) is 72.2 Å². The van der Waals surface area contributed by atoms with E-state index in [1.165, 1.54) is 0 Å². The van der Waals surface area contributed by atoms with Crippen LogP contribution < -0.4 is 4.90 Å². The monoisotopic (exact) mass is 349 g/mol. The van der Waals surface area contributed by atoms with Crippen molar-refractivity contribution in [1.29, 1.82) is 0 Å². The Balaban J connectivity index is 1.52. The number of rotatable bonds is 3. The first-order valence-corrected chi connectivity index (χ1v) is 9.00. The van der Waals surface area contributed by atoms with E-state index in [9.17, 15) is 4.79 Å². The summed E-state index contributed by atoms with van der Waals surface area (Å²) in [5.74, 6) is 0.945. The van der Waals surface area contributed by atoms with Gasteiger partial charge in [0.05, 0.1) is 0 Å². The van der Waals surface area contributed by atoms with Crippen molar-refractivity contribution in [3.63, 3.8) is 0 Å². The number of piperidine rings is 1. The van der Waals surface area contributed by atoms with E-state index in [4.69, 9.17) is 0 Å². The summed E-state index contributed by atoms with van der Waals surface area (Å²) >= 11 is 0. The molecule has 4 rings (SSSR count). The number of carbonyl (C=O) groups is 1. The lowest BCUT2D eigenvalue weighted by Crippen LogP contribution is -2.49. The topological polar surface area (TPSA) is 53.7 Å². The van der Waals surface area contributed by atoms with Crippen molar-refractivity contribution in [2.24, 2.45) is 0 Å². The quantitative estimate of drug-likeness (QED) is 0.730. The highest BCUT2D eigenvalue weighted by atomic mass is 16.2. The summed E-state index contributed by atoms with van der Waals surface area (Å²) in [4.78, 5) is 26.0. The second kappa shape index (κ2) is 6.78. The number of fused-ring (bicyclic) bond motifs is 1. The van der Waals surface area contributed by atoms with Crippen LogP contribution in [-0.4, -0.2) is 51.4 Å². The Bertz CT molecular complexity index is 920. The van der Waals surface area contributed by atoms with E-state index in [-0.39, 0.29) is 11.9 Å². The van der Waals surface area contributed by atoms with E-state index >= 15 is 0 Å². The van der Waals surface area contributed by atoms with Gasteiger partial charge in [0.2, 0.25) is 0 Å². The Morgan fingerprint density at radius 1 is 1.23 bits per heavy atom. The Morgan fingerprint density at radius 3 is 2.92 bits per heavy atom. The van der Waals surface area contributed by atoms with Gasteiger partial charge < -0.3 is 14.2 Å². The number of imidazole rings is 1. The van der Waals surface area contributed by atoms with E-state index in [1.54, 1.807) is 0 Å². The molecule has 6 nitrogen and oxygen atoms in total. The first-order valence-electron chi connectivity index (χ1n) is 9.00. The van der Waals surface area contributed by atoms with Crippen LogP contribution in [0.5, 0.6) is 0 Å². The van der Waals surface area contributed by atoms with Gasteiger partial charge in [0.1, 0.15) is 17.2 Å². The predicted octanol–water partition coefficient (Wildman–Crippen LogP) is 2.78. The third kappa shape index (κ3) is 3.14. The molecule has 0 bridgehead atoms. The summed E-state index contributed by atoms with van der Waals surface area (Å²) in [6, 6.07) is 10.0. The number of hydrogen-bond acceptors (Lipinski definition) is 4. The molecule has 1 aliphatic rings. The van der Waals surface area contributed by atoms with E-state index < -0.39 is 0 Å². The molecule has 3 aromatic rings. The van der Waals surface area contributed by atoms with Crippen molar-refractivity contribution in [2.75, 3.05) is 25.0 Å². The van der Waals surface area contributed by atoms with Crippen LogP contribution >= 0.6 is 0 Å². The molecule has 0 aliphatic carbocycles. The average molecular weight is 349 g/mol. The number of carbonyl (C=O) groups excluding carboxylic acids is 1. The van der Waals surface area contributed by atoms with Crippen molar-refractivity contribution in [3.8, 4) is 0 Å². The zero-order valence-electron chi connectivity index (χ0n) is 15.2. The first-order chi connectivity index (χ1) is 12.6. The highest BCUT2D eigenvalue weighted by Crippen LogP contribution is 2.21. The van der Waals surface area contributed by atoms with Gasteiger partial charge in [-0.25, -0.2) is 9.97 Å². The van der Waals surface area contributed by atoms with Gasteiger partial charge in [-0.3, -0.25) is 4.79 Å². The van der Waals surface area contributed by atoms with Gasteiger partial charge >= 0.3 is 0 Å². The molecule has 6 heteroatoms. The van der Waals surface area contributed by atoms with Crippen LogP contribution in [0.3, 0.4) is 0 Å². The molecule has 0 N–H and O–H groups in total. The summed E-state index contributed by atoms with van der Waals surface area (Å²) in [5, 5.41) is 0. The van der Waals surface area contributed by atoms with Crippen LogP contribution in [-0.2, 0) is 0 Å². The standard InChI is InChI=1S/C20H23N5O/c1-15-8-9-19-22-17(14-25(19)12-15)20(26)23(2)16-6-5-11-24(13-16)18-7-3-4-10-21-18/h3-4,7-10,12,14,16H,5-6,11,13H2,1-2H3/t16-/m0/s1. The lowest BCUT2D eigenvalue weighted by molar-refractivity contribution is 0.0712. The van der Waals surface area contributed by atoms with E-state index in [0.717, 1.165) is 43.0 Å². The Labute approximate surface area is 153 Å². The fraction of sp³-hybridized carbons (Fsp3) is 0.350. The largest absolute Gasteiger partial charge is 0.355 e. The molecule has 0 aromatic carbocycles. The van der Waals surface area contributed by atoms with Crippen LogP contribution in [0.25, 0.3) is 5.65 Å². The van der Waals surface area contributed by atoms with Crippen LogP contribution in [0.1, 0.15) is 28.9 Å². The molecule has 0 spiro atoms. The first kappa shape index (κ1) is 16.6. The van der Waals surface area contributed by atoms with Crippen molar-refractivity contribution in [1.82, 2.24) is 19.3 Å². The molecule has 0 radical (unpaired) electrons. The second-order valence-corrected chi connectivity index (χ2v) is 6.94. The maximum Gasteiger partial charge on any atom is 0.274 e. The van der Waals surface area contributed by atoms with Crippen molar-refractivity contribution >= 4 is 17.4 Å². The summed E-state index contributed by atoms with van der Waals surface area (Å²) in [5.41, 5.74) is 2.43. The maximum atomic E-state index is 13.0. The number of aryl methyl sites for hydroxylation is 1. The van der Waals surface area contributed by atoms with Gasteiger partial charge in [-0.05, 0) is 43.5 Å². The number of pyridine rings is 2. The van der Waals surface area contributed by atoms with Gasteiger partial charge in [-0.1, -0.05) is 12.1 Å². The van der Waals surface area contributed by atoms with E-state index in [2.05, 4.69) is 14.9 Å². The van der Waals surface area contributed by atoms with Crippen molar-refractivity contribution in [2.45, 2.75) is 25.8 Å². The molecule has 4 heterocycles. The average Bonchev–Trinajstić information content (AvgIpc) is 3.10. The second-order valence-electron chi connectivity index (χ2n) is 6.94. The van der Waals surface area contributed by atoms with Crippen LogP contribution in [0.15, 0.2) is 48.9 Å². The van der Waals surface area contributed by atoms with Gasteiger partial charge in [0.25, 0.3) is 5.91 Å². The molecular formula is C20H23N5O. The highest BCUT2D eigenvalue weighted by molar-refractivity contribution is 5.93. The van der Waals surface area contributed by atoms with Crippen LogP contribution in [0.4, 0.5) is 5.82 Å². The Hall–Kier alpha value is -2.89. The molecule has 1 atom stereocenters. The SMILES string of the molecule is Cc1ccc2nc(C(=O)N(C)[C@H]3CCCN(c4ccccn4)C3)cn2c1. The van der Waals surface area contributed by atoms with Crippen LogP contribution in [0, 0.1) is 6.92 Å². The number of nitrogens with zero attached hydrogens (tertiary/aromatic N) is 5. The smallest absolute Gasteiger partial charge is 0.274 e. The number of aromatic nitrogens is 3. The lowest BCUT2D eigenvalue weighted by Gasteiger charge is -2.38. The molecule has 26 heavy (non-hydrogen) atoms. The third-order valence-corrected chi connectivity index (χ3v) is 5.06. The molecule has 3 aromatic heterocycles. The molecule has 1 aliphatic heterocycles. The normalized spacial score (nSPS) is 17.5. The van der Waals surface area contributed by atoms with Gasteiger partial charge in [-0.15, -0.1) is 0 Å². The van der Waals surface area contributed by atoms with Crippen LogP contribution in [0.2, 0.25) is 0 Å². The molecule has 1 fully saturated rings. The molecule has 0 saturated carbocycles. The summed E-state index contributed by atoms with van der Waals surface area (Å²) in [6.07, 6.45) is 7.66. The minimum atomic E-state index is -0.0285. The van der Waals surface area contributed by atoms with Gasteiger partial charge in [0, 0.05) is 44.8 Å². The summed E-state index contributed by atoms with van der Waals surface area (Å²) in [7, 11) is 1.88. The zero-order chi connectivity index (χ0) is 18.1. The fourth-order valence-corrected chi connectivity index (χ4v) is 3.57. The lowest BCUT2D eigenvalue weighted by atomic mass is 10.0. The Morgan fingerprint density at radius 2 is 2.12 bits per heavy atom. The molecule has 1 amide bonds. The van der Waals surface area contributed by atoms with Crippen molar-refractivity contribution < 1.29 is 4.79 Å². The Kier molecular flexibility index (Phi) is 4.32. The van der Waals surface area contributed by atoms with Gasteiger partial charge in [-0.2, -0.15) is 0 Å². The highest BCUT2D eigenvalue weighted by Gasteiger charge is 2.28. The zero-order valence-corrected chi connectivity index (χ0v) is 15.2. The molecule has 134 valence electrons. The molecule has 1 saturated heterocycles. The molecular weight excluding hydrogens is 326 g/mol. The van der Waals surface area contributed by atoms with Crippen molar-refractivity contribution in [3.05, 3.63) is 60.2 Å². The number of likely N-dealkylation sites (N-methyl/N-ethyl adjacent to an activating group) is 1. The predicted molar refractivity (Wildman–Crippen MR) is 101 cm³/mol.